The third-order valence-corrected chi connectivity index (χ3v) is 2.33. The van der Waals surface area contributed by atoms with Gasteiger partial charge in [0.2, 0.25) is 6.08 Å². The standard InChI is InChI=1S/C12H15NO/c1-9(2)12(13-8-14)11-7-5-4-6-10(11)3/h4-7,9,12H,1-3H3. The molecule has 0 radical (unpaired) electrons. The number of benzene rings is 1. The van der Waals surface area contributed by atoms with Gasteiger partial charge in [-0.1, -0.05) is 38.1 Å². The first-order valence-electron chi connectivity index (χ1n) is 4.79. The van der Waals surface area contributed by atoms with Crippen LogP contribution in [0.15, 0.2) is 29.3 Å². The molecule has 2 heteroatoms. The van der Waals surface area contributed by atoms with Crippen LogP contribution in [0.1, 0.15) is 31.0 Å². The van der Waals surface area contributed by atoms with E-state index in [0.717, 1.165) is 5.56 Å². The summed E-state index contributed by atoms with van der Waals surface area (Å²) in [5.74, 6) is 0.317. The predicted octanol–water partition coefficient (Wildman–Crippen LogP) is 3.03. The van der Waals surface area contributed by atoms with Crippen LogP contribution in [0.5, 0.6) is 0 Å². The van der Waals surface area contributed by atoms with Crippen LogP contribution in [-0.2, 0) is 4.79 Å². The van der Waals surface area contributed by atoms with Gasteiger partial charge in [-0.05, 0) is 24.0 Å². The first kappa shape index (κ1) is 10.7. The number of aryl methyl sites for hydroxylation is 1. The van der Waals surface area contributed by atoms with Crippen LogP contribution in [0.4, 0.5) is 0 Å². The van der Waals surface area contributed by atoms with E-state index >= 15 is 0 Å². The molecule has 1 aromatic rings. The number of hydrogen-bond donors (Lipinski definition) is 0. The minimum atomic E-state index is -0.0614. The highest BCUT2D eigenvalue weighted by atomic mass is 16.1. The van der Waals surface area contributed by atoms with Crippen LogP contribution in [0.3, 0.4) is 0 Å². The molecule has 1 unspecified atom stereocenters. The third kappa shape index (κ3) is 2.30. The number of aliphatic imine (C=N–C) groups is 1. The van der Waals surface area contributed by atoms with Gasteiger partial charge in [0, 0.05) is 0 Å². The average molecular weight is 189 g/mol. The van der Waals surface area contributed by atoms with Gasteiger partial charge < -0.3 is 0 Å². The SMILES string of the molecule is Cc1ccccc1C(N=C=O)C(C)C. The lowest BCUT2D eigenvalue weighted by atomic mass is 9.93. The number of carbonyl (C=O) groups excluding carboxylic acids is 1. The molecule has 0 heterocycles. The summed E-state index contributed by atoms with van der Waals surface area (Å²) in [6.07, 6.45) is 1.65. The van der Waals surface area contributed by atoms with Gasteiger partial charge in [0.05, 0.1) is 6.04 Å². The van der Waals surface area contributed by atoms with Gasteiger partial charge in [-0.2, -0.15) is 4.99 Å². The number of isocyanates is 1. The summed E-state index contributed by atoms with van der Waals surface area (Å²) in [5.41, 5.74) is 2.29. The molecule has 1 atom stereocenters. The maximum absolute atomic E-state index is 10.3. The van der Waals surface area contributed by atoms with Crippen molar-refractivity contribution in [3.8, 4) is 0 Å². The van der Waals surface area contributed by atoms with Gasteiger partial charge in [0.25, 0.3) is 0 Å². The number of rotatable bonds is 3. The van der Waals surface area contributed by atoms with E-state index in [9.17, 15) is 4.79 Å². The third-order valence-electron chi connectivity index (χ3n) is 2.33. The minimum Gasteiger partial charge on any atom is -0.211 e. The van der Waals surface area contributed by atoms with Crippen molar-refractivity contribution in [1.82, 2.24) is 0 Å². The molecule has 14 heavy (non-hydrogen) atoms. The maximum Gasteiger partial charge on any atom is 0.235 e. The van der Waals surface area contributed by atoms with E-state index in [1.54, 1.807) is 6.08 Å². The highest BCUT2D eigenvalue weighted by Gasteiger charge is 2.15. The molecule has 0 N–H and O–H groups in total. The molecule has 0 saturated heterocycles. The van der Waals surface area contributed by atoms with Crippen molar-refractivity contribution in [2.75, 3.05) is 0 Å². The molecule has 0 aromatic heterocycles. The summed E-state index contributed by atoms with van der Waals surface area (Å²) in [4.78, 5) is 14.2. The minimum absolute atomic E-state index is 0.0614. The quantitative estimate of drug-likeness (QED) is 0.531. The fourth-order valence-corrected chi connectivity index (χ4v) is 1.55. The van der Waals surface area contributed by atoms with E-state index in [0.29, 0.717) is 5.92 Å². The van der Waals surface area contributed by atoms with Gasteiger partial charge in [-0.15, -0.1) is 0 Å². The van der Waals surface area contributed by atoms with Crippen molar-refractivity contribution in [2.45, 2.75) is 26.8 Å². The Hall–Kier alpha value is -1.40. The second kappa shape index (κ2) is 4.73. The molecule has 0 amide bonds. The molecule has 0 saturated carbocycles. The average Bonchev–Trinajstić information content (AvgIpc) is 2.15. The van der Waals surface area contributed by atoms with Crippen molar-refractivity contribution in [1.29, 1.82) is 0 Å². The monoisotopic (exact) mass is 189 g/mol. The summed E-state index contributed by atoms with van der Waals surface area (Å²) < 4.78 is 0. The van der Waals surface area contributed by atoms with Crippen LogP contribution in [-0.4, -0.2) is 6.08 Å². The van der Waals surface area contributed by atoms with Crippen LogP contribution in [0.25, 0.3) is 0 Å². The summed E-state index contributed by atoms with van der Waals surface area (Å²) in [6.45, 7) is 6.14. The Morgan fingerprint density at radius 3 is 2.43 bits per heavy atom. The van der Waals surface area contributed by atoms with E-state index < -0.39 is 0 Å². The predicted molar refractivity (Wildman–Crippen MR) is 56.9 cm³/mol. The zero-order valence-corrected chi connectivity index (χ0v) is 8.82. The Kier molecular flexibility index (Phi) is 3.61. The molecule has 0 aliphatic rings. The van der Waals surface area contributed by atoms with Gasteiger partial charge >= 0.3 is 0 Å². The van der Waals surface area contributed by atoms with E-state index in [2.05, 4.69) is 18.8 Å². The molecule has 0 fully saturated rings. The molecule has 0 aliphatic heterocycles. The first-order chi connectivity index (χ1) is 6.66. The van der Waals surface area contributed by atoms with Gasteiger partial charge in [-0.3, -0.25) is 0 Å². The zero-order valence-electron chi connectivity index (χ0n) is 8.82. The fourth-order valence-electron chi connectivity index (χ4n) is 1.55. The normalized spacial score (nSPS) is 12.3. The van der Waals surface area contributed by atoms with Crippen molar-refractivity contribution < 1.29 is 4.79 Å². The Morgan fingerprint density at radius 2 is 1.93 bits per heavy atom. The van der Waals surface area contributed by atoms with Crippen LogP contribution < -0.4 is 0 Å². The summed E-state index contributed by atoms with van der Waals surface area (Å²) in [6, 6.07) is 7.94. The topological polar surface area (TPSA) is 29.4 Å². The smallest absolute Gasteiger partial charge is 0.211 e. The van der Waals surface area contributed by atoms with Crippen molar-refractivity contribution in [3.63, 3.8) is 0 Å². The van der Waals surface area contributed by atoms with Gasteiger partial charge in [0.1, 0.15) is 0 Å². The first-order valence-corrected chi connectivity index (χ1v) is 4.79. The Labute approximate surface area is 84.7 Å². The maximum atomic E-state index is 10.3. The largest absolute Gasteiger partial charge is 0.235 e. The van der Waals surface area contributed by atoms with Gasteiger partial charge in [-0.25, -0.2) is 4.79 Å². The molecule has 0 spiro atoms. The number of nitrogens with zero attached hydrogens (tertiary/aromatic N) is 1. The number of hydrogen-bond acceptors (Lipinski definition) is 2. The second-order valence-corrected chi connectivity index (χ2v) is 3.77. The van der Waals surface area contributed by atoms with Crippen molar-refractivity contribution >= 4 is 6.08 Å². The lowest BCUT2D eigenvalue weighted by molar-refractivity contribution is 0.501. The summed E-state index contributed by atoms with van der Waals surface area (Å²) in [7, 11) is 0. The summed E-state index contributed by atoms with van der Waals surface area (Å²) in [5, 5.41) is 0. The van der Waals surface area contributed by atoms with Crippen molar-refractivity contribution in [2.24, 2.45) is 10.9 Å². The Bertz CT molecular complexity index is 351. The lowest BCUT2D eigenvalue weighted by Crippen LogP contribution is -2.05. The zero-order chi connectivity index (χ0) is 10.6. The molecule has 1 rings (SSSR count). The highest BCUT2D eigenvalue weighted by molar-refractivity contribution is 5.37. The Balaban J connectivity index is 3.11. The van der Waals surface area contributed by atoms with E-state index in [4.69, 9.17) is 0 Å². The van der Waals surface area contributed by atoms with Crippen LogP contribution in [0, 0.1) is 12.8 Å². The molecular formula is C12H15NO. The van der Waals surface area contributed by atoms with Crippen molar-refractivity contribution in [3.05, 3.63) is 35.4 Å². The molecule has 0 aliphatic carbocycles. The molecule has 0 bridgehead atoms. The molecule has 74 valence electrons. The van der Waals surface area contributed by atoms with Gasteiger partial charge in [0.15, 0.2) is 0 Å². The molecule has 2 nitrogen and oxygen atoms in total. The lowest BCUT2D eigenvalue weighted by Gasteiger charge is -2.16. The highest BCUT2D eigenvalue weighted by Crippen LogP contribution is 2.27. The second-order valence-electron chi connectivity index (χ2n) is 3.77. The van der Waals surface area contributed by atoms with Crippen LogP contribution in [0.2, 0.25) is 0 Å². The molecular weight excluding hydrogens is 174 g/mol. The van der Waals surface area contributed by atoms with Crippen LogP contribution >= 0.6 is 0 Å². The van der Waals surface area contributed by atoms with E-state index in [1.165, 1.54) is 5.56 Å². The molecule has 1 aromatic carbocycles. The van der Waals surface area contributed by atoms with E-state index in [-0.39, 0.29) is 6.04 Å². The fraction of sp³-hybridized carbons (Fsp3) is 0.417. The van der Waals surface area contributed by atoms with E-state index in [1.807, 2.05) is 31.2 Å². The summed E-state index contributed by atoms with van der Waals surface area (Å²) >= 11 is 0. The Morgan fingerprint density at radius 1 is 1.29 bits per heavy atom.